The number of hydrogen-bond donors (Lipinski definition) is 0. The predicted octanol–water partition coefficient (Wildman–Crippen LogP) is 4.71. The molecule has 0 aromatic heterocycles. The molecule has 1 saturated heterocycles. The van der Waals surface area contributed by atoms with E-state index in [1.165, 1.54) is 11.8 Å². The van der Waals surface area contributed by atoms with Gasteiger partial charge in [0.15, 0.2) is 4.32 Å². The maximum Gasteiger partial charge on any atom is 0.270 e. The van der Waals surface area contributed by atoms with Crippen molar-refractivity contribution in [3.8, 4) is 5.75 Å². The van der Waals surface area contributed by atoms with E-state index >= 15 is 0 Å². The molecule has 1 aliphatic heterocycles. The van der Waals surface area contributed by atoms with E-state index in [1.54, 1.807) is 12.0 Å². The fourth-order valence-corrected chi connectivity index (χ4v) is 3.79. The molecule has 2 aromatic carbocycles. The minimum absolute atomic E-state index is 0.0938. The number of anilines is 1. The summed E-state index contributed by atoms with van der Waals surface area (Å²) >= 11 is 8.94. The maximum atomic E-state index is 12.7. The number of carbonyl (C=O) groups excluding carboxylic acids is 1. The zero-order chi connectivity index (χ0) is 16.4. The van der Waals surface area contributed by atoms with Crippen molar-refractivity contribution in [2.75, 3.05) is 12.0 Å². The molecular weight excluding hydrogens is 441 g/mol. The highest BCUT2D eigenvalue weighted by atomic mass is 127. The Hall–Kier alpha value is -1.38. The number of halogens is 1. The Balaban J connectivity index is 1.88. The van der Waals surface area contributed by atoms with Crippen LogP contribution in [0.5, 0.6) is 5.75 Å². The van der Waals surface area contributed by atoms with Crippen molar-refractivity contribution < 1.29 is 9.53 Å². The highest BCUT2D eigenvalue weighted by molar-refractivity contribution is 14.1. The number of carbonyl (C=O) groups is 1. The van der Waals surface area contributed by atoms with Crippen molar-refractivity contribution in [3.05, 3.63) is 62.6 Å². The molecule has 0 saturated carbocycles. The van der Waals surface area contributed by atoms with Crippen molar-refractivity contribution in [2.45, 2.75) is 0 Å². The first-order valence-electron chi connectivity index (χ1n) is 6.76. The van der Waals surface area contributed by atoms with E-state index in [4.69, 9.17) is 17.0 Å². The number of amides is 1. The van der Waals surface area contributed by atoms with Crippen LogP contribution in [0.4, 0.5) is 5.69 Å². The zero-order valence-electron chi connectivity index (χ0n) is 12.2. The lowest BCUT2D eigenvalue weighted by molar-refractivity contribution is -0.113. The fraction of sp³-hybridized carbons (Fsp3) is 0.0588. The molecule has 23 heavy (non-hydrogen) atoms. The van der Waals surface area contributed by atoms with E-state index in [9.17, 15) is 4.79 Å². The topological polar surface area (TPSA) is 29.5 Å². The molecule has 3 rings (SSSR count). The Morgan fingerprint density at radius 1 is 1.13 bits per heavy atom. The number of hydrogen-bond acceptors (Lipinski definition) is 4. The molecule has 1 heterocycles. The molecule has 0 bridgehead atoms. The Kier molecular flexibility index (Phi) is 5.03. The van der Waals surface area contributed by atoms with E-state index in [0.29, 0.717) is 9.23 Å². The van der Waals surface area contributed by atoms with Crippen LogP contribution in [0.2, 0.25) is 0 Å². The van der Waals surface area contributed by atoms with E-state index in [2.05, 4.69) is 22.6 Å². The lowest BCUT2D eigenvalue weighted by Gasteiger charge is -2.14. The first-order chi connectivity index (χ1) is 11.1. The first kappa shape index (κ1) is 16.5. The molecule has 1 fully saturated rings. The molecule has 1 amide bonds. The molecule has 2 aromatic rings. The van der Waals surface area contributed by atoms with Gasteiger partial charge < -0.3 is 4.74 Å². The largest absolute Gasteiger partial charge is 0.497 e. The third-order valence-corrected chi connectivity index (χ3v) is 5.31. The van der Waals surface area contributed by atoms with Crippen LogP contribution in [0.3, 0.4) is 0 Å². The average molecular weight is 453 g/mol. The van der Waals surface area contributed by atoms with Gasteiger partial charge in [-0.3, -0.25) is 9.69 Å². The van der Waals surface area contributed by atoms with E-state index in [0.717, 1.165) is 20.6 Å². The van der Waals surface area contributed by atoms with Crippen molar-refractivity contribution >= 4 is 68.6 Å². The van der Waals surface area contributed by atoms with E-state index in [1.807, 2.05) is 54.6 Å². The Morgan fingerprint density at radius 3 is 2.39 bits per heavy atom. The normalized spacial score (nSPS) is 16.3. The summed E-state index contributed by atoms with van der Waals surface area (Å²) in [6.07, 6.45) is 1.87. The quantitative estimate of drug-likeness (QED) is 0.383. The minimum atomic E-state index is -0.0938. The van der Waals surface area contributed by atoms with Crippen LogP contribution >= 0.6 is 46.6 Å². The van der Waals surface area contributed by atoms with Crippen LogP contribution in [-0.4, -0.2) is 17.3 Å². The third kappa shape index (κ3) is 3.59. The van der Waals surface area contributed by atoms with Gasteiger partial charge in [-0.1, -0.05) is 36.1 Å². The summed E-state index contributed by atoms with van der Waals surface area (Å²) in [6, 6.07) is 15.3. The Morgan fingerprint density at radius 2 is 1.78 bits per heavy atom. The summed E-state index contributed by atoms with van der Waals surface area (Å²) < 4.78 is 6.84. The Bertz CT molecular complexity index is 785. The van der Waals surface area contributed by atoms with Gasteiger partial charge in [0.1, 0.15) is 5.75 Å². The second kappa shape index (κ2) is 7.02. The monoisotopic (exact) mass is 453 g/mol. The molecular formula is C17H12INO2S2. The zero-order valence-corrected chi connectivity index (χ0v) is 15.9. The van der Waals surface area contributed by atoms with Crippen LogP contribution in [0.25, 0.3) is 6.08 Å². The van der Waals surface area contributed by atoms with Crippen LogP contribution < -0.4 is 9.64 Å². The van der Waals surface area contributed by atoms with E-state index < -0.39 is 0 Å². The summed E-state index contributed by atoms with van der Waals surface area (Å²) in [5.74, 6) is 0.650. The first-order valence-corrected chi connectivity index (χ1v) is 9.06. The number of thioether (sulfide) groups is 1. The van der Waals surface area contributed by atoms with Gasteiger partial charge in [0.25, 0.3) is 5.91 Å². The number of methoxy groups -OCH3 is 1. The van der Waals surface area contributed by atoms with Crippen molar-refractivity contribution in [1.82, 2.24) is 0 Å². The van der Waals surface area contributed by atoms with Gasteiger partial charge >= 0.3 is 0 Å². The van der Waals surface area contributed by atoms with Gasteiger partial charge in [-0.25, -0.2) is 0 Å². The highest BCUT2D eigenvalue weighted by Crippen LogP contribution is 2.36. The number of thiocarbonyl (C=S) groups is 1. The molecule has 0 spiro atoms. The van der Waals surface area contributed by atoms with Gasteiger partial charge in [0, 0.05) is 3.57 Å². The molecule has 0 N–H and O–H groups in total. The van der Waals surface area contributed by atoms with Crippen molar-refractivity contribution in [3.63, 3.8) is 0 Å². The molecule has 0 atom stereocenters. The second-order valence-corrected chi connectivity index (χ2v) is 7.69. The number of nitrogens with zero attached hydrogens (tertiary/aromatic N) is 1. The third-order valence-electron chi connectivity index (χ3n) is 3.29. The highest BCUT2D eigenvalue weighted by Gasteiger charge is 2.33. The predicted molar refractivity (Wildman–Crippen MR) is 108 cm³/mol. The van der Waals surface area contributed by atoms with Crippen LogP contribution in [-0.2, 0) is 4.79 Å². The summed E-state index contributed by atoms with van der Waals surface area (Å²) in [5.41, 5.74) is 1.74. The van der Waals surface area contributed by atoms with Crippen molar-refractivity contribution in [1.29, 1.82) is 0 Å². The van der Waals surface area contributed by atoms with Gasteiger partial charge in [-0.2, -0.15) is 0 Å². The number of benzene rings is 2. The van der Waals surface area contributed by atoms with Gasteiger partial charge in [0.05, 0.1) is 17.7 Å². The van der Waals surface area contributed by atoms with Crippen LogP contribution in [0.1, 0.15) is 5.56 Å². The van der Waals surface area contributed by atoms with E-state index in [-0.39, 0.29) is 5.91 Å². The molecule has 0 unspecified atom stereocenters. The standard InChI is InChI=1S/C17H12INO2S2/c1-21-14-8-6-13(7-9-14)19-16(20)15(23-17(19)22)10-11-2-4-12(18)5-3-11/h2-10H,1H3. The SMILES string of the molecule is COc1ccc(N2C(=O)C(=Cc3ccc(I)cc3)SC2=S)cc1. The molecule has 0 radical (unpaired) electrons. The molecule has 0 aliphatic carbocycles. The summed E-state index contributed by atoms with van der Waals surface area (Å²) in [7, 11) is 1.61. The van der Waals surface area contributed by atoms with Gasteiger partial charge in [-0.05, 0) is 70.6 Å². The minimum Gasteiger partial charge on any atom is -0.497 e. The molecule has 1 aliphatic rings. The van der Waals surface area contributed by atoms with Crippen molar-refractivity contribution in [2.24, 2.45) is 0 Å². The maximum absolute atomic E-state index is 12.7. The molecule has 116 valence electrons. The average Bonchev–Trinajstić information content (AvgIpc) is 2.84. The lowest BCUT2D eigenvalue weighted by atomic mass is 10.2. The number of ether oxygens (including phenoxy) is 1. The van der Waals surface area contributed by atoms with Crippen LogP contribution in [0.15, 0.2) is 53.4 Å². The van der Waals surface area contributed by atoms with Gasteiger partial charge in [-0.15, -0.1) is 0 Å². The second-order valence-electron chi connectivity index (χ2n) is 4.77. The smallest absolute Gasteiger partial charge is 0.270 e. The number of rotatable bonds is 3. The Labute approximate surface area is 157 Å². The molecule has 6 heteroatoms. The molecule has 3 nitrogen and oxygen atoms in total. The summed E-state index contributed by atoms with van der Waals surface area (Å²) in [5, 5.41) is 0. The summed E-state index contributed by atoms with van der Waals surface area (Å²) in [4.78, 5) is 14.8. The lowest BCUT2D eigenvalue weighted by Crippen LogP contribution is -2.27. The summed E-state index contributed by atoms with van der Waals surface area (Å²) in [6.45, 7) is 0. The van der Waals surface area contributed by atoms with Crippen LogP contribution in [0, 0.1) is 3.57 Å². The fourth-order valence-electron chi connectivity index (χ4n) is 2.13. The van der Waals surface area contributed by atoms with Gasteiger partial charge in [0.2, 0.25) is 0 Å².